The molecule has 2 aromatic carbocycles. The van der Waals surface area contributed by atoms with Crippen molar-refractivity contribution in [1.82, 2.24) is 24.9 Å². The number of benzene rings is 2. The fourth-order valence-corrected chi connectivity index (χ4v) is 6.36. The van der Waals surface area contributed by atoms with Crippen LogP contribution in [0.2, 0.25) is 0 Å². The summed E-state index contributed by atoms with van der Waals surface area (Å²) in [5, 5.41) is 10.1. The van der Waals surface area contributed by atoms with Crippen LogP contribution in [0, 0.1) is 13.8 Å². The number of carbonyl (C=O) groups excluding carboxylic acids is 5. The summed E-state index contributed by atoms with van der Waals surface area (Å²) >= 11 is 0. The maximum Gasteiger partial charge on any atom is 0.266 e. The Bertz CT molecular complexity index is 1740. The molecule has 0 aliphatic carbocycles. The van der Waals surface area contributed by atoms with Crippen molar-refractivity contribution < 1.29 is 28.7 Å². The molecule has 12 heteroatoms. The zero-order valence-electron chi connectivity index (χ0n) is 26.5. The van der Waals surface area contributed by atoms with Gasteiger partial charge in [-0.25, -0.2) is 0 Å². The molecule has 1 unspecified atom stereocenters. The lowest BCUT2D eigenvalue weighted by atomic mass is 10.0. The maximum absolute atomic E-state index is 13.4. The van der Waals surface area contributed by atoms with Gasteiger partial charge in [-0.05, 0) is 82.3 Å². The van der Waals surface area contributed by atoms with Crippen LogP contribution >= 0.6 is 0 Å². The van der Waals surface area contributed by atoms with Crippen LogP contribution in [0.3, 0.4) is 0 Å². The molecule has 1 aromatic heterocycles. The molecule has 240 valence electrons. The number of aromatic nitrogens is 2. The Morgan fingerprint density at radius 1 is 1.02 bits per heavy atom. The number of hydrogen-bond acceptors (Lipinski definition) is 8. The normalized spacial score (nSPS) is 18.9. The summed E-state index contributed by atoms with van der Waals surface area (Å²) in [5.41, 5.74) is 3.09. The molecule has 2 saturated heterocycles. The minimum Gasteiger partial charge on any atom is -0.478 e. The Balaban J connectivity index is 1.05. The second-order valence-corrected chi connectivity index (χ2v) is 12.7. The van der Waals surface area contributed by atoms with E-state index in [1.54, 1.807) is 38.2 Å². The van der Waals surface area contributed by atoms with E-state index >= 15 is 0 Å². The molecule has 4 heterocycles. The van der Waals surface area contributed by atoms with Gasteiger partial charge in [-0.1, -0.05) is 12.1 Å². The number of piperidine rings is 2. The molecule has 46 heavy (non-hydrogen) atoms. The highest BCUT2D eigenvalue weighted by Gasteiger charge is 2.45. The average Bonchev–Trinajstić information content (AvgIpc) is 3.60. The van der Waals surface area contributed by atoms with Gasteiger partial charge in [0.1, 0.15) is 11.8 Å². The molecule has 2 N–H and O–H groups in total. The molecule has 0 radical (unpaired) electrons. The number of nitrogens with zero attached hydrogens (tertiary/aromatic N) is 4. The second kappa shape index (κ2) is 12.1. The minimum absolute atomic E-state index is 0.0471. The first-order valence-electron chi connectivity index (χ1n) is 15.6. The van der Waals surface area contributed by atoms with Crippen LogP contribution in [0.25, 0.3) is 0 Å². The molecule has 0 spiro atoms. The van der Waals surface area contributed by atoms with Crippen LogP contribution in [0.15, 0.2) is 48.8 Å². The molecule has 2 fully saturated rings. The van der Waals surface area contributed by atoms with Crippen LogP contribution in [-0.2, 0) is 20.9 Å². The average molecular weight is 627 g/mol. The lowest BCUT2D eigenvalue weighted by Gasteiger charge is -2.37. The first-order chi connectivity index (χ1) is 21.9. The van der Waals surface area contributed by atoms with Crippen molar-refractivity contribution in [3.63, 3.8) is 0 Å². The quantitative estimate of drug-likeness (QED) is 0.362. The first-order valence-corrected chi connectivity index (χ1v) is 15.6. The lowest BCUT2D eigenvalue weighted by molar-refractivity contribution is -0.147. The first kappa shape index (κ1) is 31.0. The molecule has 3 aliphatic heterocycles. The number of carbonyl (C=O) groups is 5. The highest BCUT2D eigenvalue weighted by molar-refractivity contribution is 6.25. The molecule has 0 bridgehead atoms. The second-order valence-electron chi connectivity index (χ2n) is 12.7. The number of rotatable bonds is 8. The van der Waals surface area contributed by atoms with E-state index in [1.165, 1.54) is 5.56 Å². The van der Waals surface area contributed by atoms with Gasteiger partial charge < -0.3 is 15.0 Å². The number of likely N-dealkylation sites (tertiary alicyclic amines) is 1. The standard InChI is InChI=1S/C34H38N6O6/c1-20-8-9-24(16-21(20)2)46-34(3,4)33(45)38-14-12-23(13-15-38)39-19-22(18-36-39)17-35-26-7-5-6-25-29(26)32(44)40(31(25)43)27-10-11-28(41)37-30(27)42/h5-9,16,18-19,23,27,35H,10-15,17H2,1-4H3,(H,37,41,42). The lowest BCUT2D eigenvalue weighted by Crippen LogP contribution is -2.54. The molecular formula is C34H38N6O6. The molecule has 6 rings (SSSR count). The largest absolute Gasteiger partial charge is 0.478 e. The minimum atomic E-state index is -1.02. The van der Waals surface area contributed by atoms with Crippen LogP contribution in [0.1, 0.15) is 83.0 Å². The van der Waals surface area contributed by atoms with Gasteiger partial charge in [0.25, 0.3) is 17.7 Å². The Labute approximate surface area is 267 Å². The summed E-state index contributed by atoms with van der Waals surface area (Å²) in [6.07, 6.45) is 5.38. The van der Waals surface area contributed by atoms with E-state index in [0.717, 1.165) is 28.9 Å². The number of ether oxygens (including phenoxy) is 1. The van der Waals surface area contributed by atoms with Gasteiger partial charge in [0.05, 0.1) is 23.4 Å². The zero-order chi connectivity index (χ0) is 32.7. The molecule has 3 aromatic rings. The Kier molecular flexibility index (Phi) is 8.13. The van der Waals surface area contributed by atoms with E-state index in [0.29, 0.717) is 31.1 Å². The van der Waals surface area contributed by atoms with Gasteiger partial charge in [0.2, 0.25) is 11.8 Å². The predicted molar refractivity (Wildman–Crippen MR) is 168 cm³/mol. The van der Waals surface area contributed by atoms with Crippen molar-refractivity contribution in [3.05, 3.63) is 76.6 Å². The summed E-state index contributed by atoms with van der Waals surface area (Å²) in [5.74, 6) is -1.53. The predicted octanol–water partition coefficient (Wildman–Crippen LogP) is 3.53. The maximum atomic E-state index is 13.4. The summed E-state index contributed by atoms with van der Waals surface area (Å²) in [4.78, 5) is 66.7. The highest BCUT2D eigenvalue weighted by atomic mass is 16.5. The van der Waals surface area contributed by atoms with Crippen LogP contribution in [0.5, 0.6) is 5.75 Å². The topological polar surface area (TPSA) is 143 Å². The van der Waals surface area contributed by atoms with Crippen molar-refractivity contribution in [1.29, 1.82) is 0 Å². The van der Waals surface area contributed by atoms with Crippen molar-refractivity contribution in [2.24, 2.45) is 0 Å². The molecule has 3 aliphatic rings. The SMILES string of the molecule is Cc1ccc(OC(C)(C)C(=O)N2CCC(n3cc(CNc4cccc5c4C(=O)N(C4CCC(=O)NC4=O)C5=O)cn3)CC2)cc1C. The van der Waals surface area contributed by atoms with E-state index in [9.17, 15) is 24.0 Å². The Morgan fingerprint density at radius 3 is 2.50 bits per heavy atom. The van der Waals surface area contributed by atoms with Crippen molar-refractivity contribution in [3.8, 4) is 5.75 Å². The third-order valence-corrected chi connectivity index (χ3v) is 9.10. The highest BCUT2D eigenvalue weighted by Crippen LogP contribution is 2.33. The molecule has 0 saturated carbocycles. The molecular weight excluding hydrogens is 588 g/mol. The summed E-state index contributed by atoms with van der Waals surface area (Å²) in [6, 6.07) is 9.94. The number of fused-ring (bicyclic) bond motifs is 1. The molecule has 5 amide bonds. The number of imide groups is 2. The van der Waals surface area contributed by atoms with Crippen LogP contribution < -0.4 is 15.4 Å². The van der Waals surface area contributed by atoms with Crippen molar-refractivity contribution >= 4 is 35.2 Å². The fourth-order valence-electron chi connectivity index (χ4n) is 6.36. The van der Waals surface area contributed by atoms with Crippen molar-refractivity contribution in [2.75, 3.05) is 18.4 Å². The van der Waals surface area contributed by atoms with E-state index in [4.69, 9.17) is 4.74 Å². The molecule has 12 nitrogen and oxygen atoms in total. The zero-order valence-corrected chi connectivity index (χ0v) is 26.5. The van der Waals surface area contributed by atoms with Gasteiger partial charge in [-0.3, -0.25) is 38.9 Å². The van der Waals surface area contributed by atoms with Crippen LogP contribution in [0.4, 0.5) is 5.69 Å². The number of nitrogens with one attached hydrogen (secondary N) is 2. The van der Waals surface area contributed by atoms with Crippen molar-refractivity contribution in [2.45, 2.75) is 77.6 Å². The third-order valence-electron chi connectivity index (χ3n) is 9.10. The van der Waals surface area contributed by atoms with Crippen LogP contribution in [-0.4, -0.2) is 73.8 Å². The Morgan fingerprint density at radius 2 is 1.78 bits per heavy atom. The van der Waals surface area contributed by atoms with Gasteiger partial charge in [-0.15, -0.1) is 0 Å². The fraction of sp³-hybridized carbons (Fsp3) is 0.412. The van der Waals surface area contributed by atoms with E-state index in [2.05, 4.69) is 15.7 Å². The van der Waals surface area contributed by atoms with Gasteiger partial charge in [0, 0.05) is 43.5 Å². The van der Waals surface area contributed by atoms with E-state index in [1.807, 2.05) is 47.8 Å². The summed E-state index contributed by atoms with van der Waals surface area (Å²) in [7, 11) is 0. The summed E-state index contributed by atoms with van der Waals surface area (Å²) in [6.45, 7) is 9.21. The van der Waals surface area contributed by atoms with E-state index < -0.39 is 35.3 Å². The van der Waals surface area contributed by atoms with Gasteiger partial charge in [0.15, 0.2) is 5.60 Å². The number of hydrogen-bond donors (Lipinski definition) is 2. The molecule has 1 atom stereocenters. The number of aryl methyl sites for hydroxylation is 2. The third kappa shape index (κ3) is 5.86. The van der Waals surface area contributed by atoms with E-state index in [-0.39, 0.29) is 35.9 Å². The monoisotopic (exact) mass is 626 g/mol. The summed E-state index contributed by atoms with van der Waals surface area (Å²) < 4.78 is 8.05. The smallest absolute Gasteiger partial charge is 0.266 e. The van der Waals surface area contributed by atoms with Gasteiger partial charge in [-0.2, -0.15) is 5.10 Å². The number of amides is 5. The van der Waals surface area contributed by atoms with Gasteiger partial charge >= 0.3 is 0 Å². The number of anilines is 1. The Hall–Kier alpha value is -5.00.